The zero-order valence-electron chi connectivity index (χ0n) is 11.4. The monoisotopic (exact) mass is 298 g/mol. The molecule has 0 aliphatic heterocycles. The minimum absolute atomic E-state index is 0.0948. The standard InChI is InChI=1S/C13H19ClN4O2/c1-2-17-6-9-10(14)4-3-5-11(9)18(7-12(15)19)8-13(16)20/h3-5,17H,2,6-8H2,1H3,(H2,15,19)(H2,16,20). The van der Waals surface area contributed by atoms with Crippen LogP contribution in [0.25, 0.3) is 0 Å². The Morgan fingerprint density at radius 1 is 1.25 bits per heavy atom. The molecule has 0 unspecified atom stereocenters. The molecule has 1 aromatic carbocycles. The highest BCUT2D eigenvalue weighted by Crippen LogP contribution is 2.27. The van der Waals surface area contributed by atoms with Crippen molar-refractivity contribution in [2.75, 3.05) is 24.5 Å². The third kappa shape index (κ3) is 4.71. The van der Waals surface area contributed by atoms with E-state index in [1.807, 2.05) is 6.92 Å². The molecule has 0 aliphatic rings. The Bertz CT molecular complexity index is 477. The summed E-state index contributed by atoms with van der Waals surface area (Å²) in [5.41, 5.74) is 11.9. The van der Waals surface area contributed by atoms with E-state index in [1.54, 1.807) is 18.2 Å². The van der Waals surface area contributed by atoms with Crippen molar-refractivity contribution in [3.05, 3.63) is 28.8 Å². The second-order valence-electron chi connectivity index (χ2n) is 4.31. The van der Waals surface area contributed by atoms with Gasteiger partial charge >= 0.3 is 0 Å². The van der Waals surface area contributed by atoms with Gasteiger partial charge in [0.15, 0.2) is 0 Å². The van der Waals surface area contributed by atoms with Crippen molar-refractivity contribution in [2.24, 2.45) is 11.5 Å². The highest BCUT2D eigenvalue weighted by atomic mass is 35.5. The Hall–Kier alpha value is -1.79. The van der Waals surface area contributed by atoms with Crippen molar-refractivity contribution < 1.29 is 9.59 Å². The van der Waals surface area contributed by atoms with Crippen LogP contribution in [0.15, 0.2) is 18.2 Å². The van der Waals surface area contributed by atoms with E-state index in [1.165, 1.54) is 4.90 Å². The Kier molecular flexibility index (Phi) is 6.27. The topological polar surface area (TPSA) is 101 Å². The SMILES string of the molecule is CCNCc1c(Cl)cccc1N(CC(N)=O)CC(N)=O. The number of rotatable bonds is 8. The summed E-state index contributed by atoms with van der Waals surface area (Å²) in [6, 6.07) is 5.29. The number of anilines is 1. The zero-order chi connectivity index (χ0) is 15.1. The highest BCUT2D eigenvalue weighted by molar-refractivity contribution is 6.31. The summed E-state index contributed by atoms with van der Waals surface area (Å²) in [7, 11) is 0. The molecule has 0 atom stereocenters. The second-order valence-corrected chi connectivity index (χ2v) is 4.71. The van der Waals surface area contributed by atoms with Crippen molar-refractivity contribution in [1.29, 1.82) is 0 Å². The molecule has 0 fully saturated rings. The van der Waals surface area contributed by atoms with Gasteiger partial charge in [-0.15, -0.1) is 0 Å². The van der Waals surface area contributed by atoms with Crippen LogP contribution in [0, 0.1) is 0 Å². The van der Waals surface area contributed by atoms with Crippen molar-refractivity contribution in [1.82, 2.24) is 5.32 Å². The van der Waals surface area contributed by atoms with Crippen LogP contribution in [0.1, 0.15) is 12.5 Å². The fraction of sp³-hybridized carbons (Fsp3) is 0.385. The van der Waals surface area contributed by atoms with Gasteiger partial charge in [-0.2, -0.15) is 0 Å². The van der Waals surface area contributed by atoms with E-state index in [2.05, 4.69) is 5.32 Å². The van der Waals surface area contributed by atoms with Crippen LogP contribution in [0.4, 0.5) is 5.69 Å². The number of amides is 2. The van der Waals surface area contributed by atoms with Crippen LogP contribution in [-0.4, -0.2) is 31.4 Å². The molecule has 6 nitrogen and oxygen atoms in total. The van der Waals surface area contributed by atoms with Gasteiger partial charge in [-0.05, 0) is 18.7 Å². The maximum atomic E-state index is 11.2. The van der Waals surface area contributed by atoms with E-state index >= 15 is 0 Å². The number of carbonyl (C=O) groups is 2. The number of benzene rings is 1. The summed E-state index contributed by atoms with van der Waals surface area (Å²) >= 11 is 6.18. The first-order valence-corrected chi connectivity index (χ1v) is 6.63. The van der Waals surface area contributed by atoms with Gasteiger partial charge < -0.3 is 21.7 Å². The van der Waals surface area contributed by atoms with Crippen LogP contribution in [0.3, 0.4) is 0 Å². The number of hydrogen-bond acceptors (Lipinski definition) is 4. The van der Waals surface area contributed by atoms with Gasteiger partial charge in [0, 0.05) is 22.8 Å². The Morgan fingerprint density at radius 2 is 1.85 bits per heavy atom. The number of hydrogen-bond donors (Lipinski definition) is 3. The number of nitrogens with zero attached hydrogens (tertiary/aromatic N) is 1. The number of carbonyl (C=O) groups excluding carboxylic acids is 2. The number of primary amides is 2. The molecular weight excluding hydrogens is 280 g/mol. The molecule has 0 heterocycles. The fourth-order valence-electron chi connectivity index (χ4n) is 1.87. The summed E-state index contributed by atoms with van der Waals surface area (Å²) in [5.74, 6) is -1.08. The fourth-order valence-corrected chi connectivity index (χ4v) is 2.11. The molecule has 2 amide bonds. The lowest BCUT2D eigenvalue weighted by Gasteiger charge is -2.25. The summed E-state index contributed by atoms with van der Waals surface area (Å²) in [4.78, 5) is 23.8. The molecular formula is C13H19ClN4O2. The molecule has 5 N–H and O–H groups in total. The third-order valence-electron chi connectivity index (χ3n) is 2.68. The minimum Gasteiger partial charge on any atom is -0.368 e. The molecule has 0 aromatic heterocycles. The Balaban J connectivity index is 3.13. The van der Waals surface area contributed by atoms with E-state index in [0.717, 1.165) is 12.1 Å². The molecule has 1 rings (SSSR count). The smallest absolute Gasteiger partial charge is 0.236 e. The van der Waals surface area contributed by atoms with Crippen molar-refractivity contribution in [2.45, 2.75) is 13.5 Å². The van der Waals surface area contributed by atoms with Crippen LogP contribution in [0.5, 0.6) is 0 Å². The molecule has 0 aliphatic carbocycles. The number of nitrogens with one attached hydrogen (secondary N) is 1. The molecule has 0 bridgehead atoms. The lowest BCUT2D eigenvalue weighted by atomic mass is 10.1. The van der Waals surface area contributed by atoms with Gasteiger partial charge in [0.25, 0.3) is 0 Å². The highest BCUT2D eigenvalue weighted by Gasteiger charge is 2.17. The van der Waals surface area contributed by atoms with Crippen LogP contribution in [0.2, 0.25) is 5.02 Å². The maximum absolute atomic E-state index is 11.2. The molecule has 0 saturated carbocycles. The van der Waals surface area contributed by atoms with Crippen LogP contribution >= 0.6 is 11.6 Å². The third-order valence-corrected chi connectivity index (χ3v) is 3.03. The number of halogens is 1. The average Bonchev–Trinajstić information content (AvgIpc) is 2.35. The molecule has 0 spiro atoms. The number of nitrogens with two attached hydrogens (primary N) is 2. The molecule has 7 heteroatoms. The lowest BCUT2D eigenvalue weighted by molar-refractivity contribution is -0.117. The summed E-state index contributed by atoms with van der Waals surface area (Å²) in [6.45, 7) is 3.09. The zero-order valence-corrected chi connectivity index (χ0v) is 12.1. The normalized spacial score (nSPS) is 10.3. The maximum Gasteiger partial charge on any atom is 0.236 e. The average molecular weight is 299 g/mol. The van der Waals surface area contributed by atoms with Crippen LogP contribution < -0.4 is 21.7 Å². The molecule has 0 saturated heterocycles. The largest absolute Gasteiger partial charge is 0.368 e. The first kappa shape index (κ1) is 16.3. The van der Waals surface area contributed by atoms with E-state index in [0.29, 0.717) is 17.3 Å². The van der Waals surface area contributed by atoms with Crippen molar-refractivity contribution in [3.8, 4) is 0 Å². The van der Waals surface area contributed by atoms with Crippen molar-refractivity contribution >= 4 is 29.1 Å². The molecule has 110 valence electrons. The van der Waals surface area contributed by atoms with E-state index < -0.39 is 11.8 Å². The van der Waals surface area contributed by atoms with Crippen molar-refractivity contribution in [3.63, 3.8) is 0 Å². The molecule has 0 radical (unpaired) electrons. The Morgan fingerprint density at radius 3 is 2.35 bits per heavy atom. The lowest BCUT2D eigenvalue weighted by Crippen LogP contribution is -2.40. The van der Waals surface area contributed by atoms with E-state index in [9.17, 15) is 9.59 Å². The minimum atomic E-state index is -0.541. The second kappa shape index (κ2) is 7.72. The van der Waals surface area contributed by atoms with Gasteiger partial charge in [0.2, 0.25) is 11.8 Å². The Labute approximate surface area is 123 Å². The summed E-state index contributed by atoms with van der Waals surface area (Å²) in [6.07, 6.45) is 0. The molecule has 20 heavy (non-hydrogen) atoms. The summed E-state index contributed by atoms with van der Waals surface area (Å²) < 4.78 is 0. The molecule has 1 aromatic rings. The predicted molar refractivity (Wildman–Crippen MR) is 79.4 cm³/mol. The van der Waals surface area contributed by atoms with Gasteiger partial charge in [-0.25, -0.2) is 0 Å². The van der Waals surface area contributed by atoms with Gasteiger partial charge in [-0.3, -0.25) is 9.59 Å². The van der Waals surface area contributed by atoms with Gasteiger partial charge in [0.05, 0.1) is 13.1 Å². The summed E-state index contributed by atoms with van der Waals surface area (Å²) in [5, 5.41) is 3.72. The van der Waals surface area contributed by atoms with E-state index in [4.69, 9.17) is 23.1 Å². The van der Waals surface area contributed by atoms with Gasteiger partial charge in [0.1, 0.15) is 0 Å². The van der Waals surface area contributed by atoms with Crippen LogP contribution in [-0.2, 0) is 16.1 Å². The quantitative estimate of drug-likeness (QED) is 0.639. The first-order chi connectivity index (χ1) is 9.45. The van der Waals surface area contributed by atoms with Gasteiger partial charge in [-0.1, -0.05) is 24.6 Å². The first-order valence-electron chi connectivity index (χ1n) is 6.25. The predicted octanol–water partition coefficient (Wildman–Crippen LogP) is 0.227. The van der Waals surface area contributed by atoms with E-state index in [-0.39, 0.29) is 13.1 Å².